The lowest BCUT2D eigenvalue weighted by molar-refractivity contribution is 0.272. The lowest BCUT2D eigenvalue weighted by Crippen LogP contribution is -2.29. The van der Waals surface area contributed by atoms with E-state index in [9.17, 15) is 0 Å². The Hall–Kier alpha value is -0.0800. The van der Waals surface area contributed by atoms with Crippen molar-refractivity contribution < 1.29 is 0 Å². The second-order valence-corrected chi connectivity index (χ2v) is 6.92. The molecular formula is C17H36N2. The quantitative estimate of drug-likeness (QED) is 0.589. The zero-order valence-electron chi connectivity index (χ0n) is 13.3. The van der Waals surface area contributed by atoms with Crippen LogP contribution in [0.1, 0.15) is 71.6 Å². The molecule has 0 radical (unpaired) electrons. The molecule has 1 saturated carbocycles. The fourth-order valence-corrected chi connectivity index (χ4v) is 3.13. The summed E-state index contributed by atoms with van der Waals surface area (Å²) in [6.45, 7) is 8.00. The number of unbranched alkanes of at least 4 members (excludes halogenated alkanes) is 3. The molecule has 1 fully saturated rings. The summed E-state index contributed by atoms with van der Waals surface area (Å²) in [5, 5.41) is 3.66. The average Bonchev–Trinajstić information content (AvgIpc) is 2.42. The minimum atomic E-state index is 0.817. The molecule has 2 nitrogen and oxygen atoms in total. The summed E-state index contributed by atoms with van der Waals surface area (Å²) < 4.78 is 0. The van der Waals surface area contributed by atoms with Gasteiger partial charge in [0.15, 0.2) is 0 Å². The van der Waals surface area contributed by atoms with Crippen LogP contribution < -0.4 is 11.1 Å². The molecule has 0 saturated heterocycles. The highest BCUT2D eigenvalue weighted by atomic mass is 14.9. The van der Waals surface area contributed by atoms with Crippen molar-refractivity contribution in [3.63, 3.8) is 0 Å². The summed E-state index contributed by atoms with van der Waals surface area (Å²) in [6.07, 6.45) is 12.5. The molecule has 0 aromatic carbocycles. The zero-order valence-corrected chi connectivity index (χ0v) is 13.3. The Labute approximate surface area is 120 Å². The molecule has 0 aromatic heterocycles. The van der Waals surface area contributed by atoms with Crippen LogP contribution in [0.15, 0.2) is 0 Å². The second kappa shape index (κ2) is 10.7. The van der Waals surface area contributed by atoms with Gasteiger partial charge in [0.25, 0.3) is 0 Å². The highest BCUT2D eigenvalue weighted by molar-refractivity contribution is 4.74. The maximum atomic E-state index is 5.73. The molecule has 0 bridgehead atoms. The molecule has 114 valence electrons. The van der Waals surface area contributed by atoms with Crippen LogP contribution in [0.3, 0.4) is 0 Å². The zero-order chi connectivity index (χ0) is 13.9. The van der Waals surface area contributed by atoms with E-state index in [0.717, 1.165) is 24.3 Å². The fourth-order valence-electron chi connectivity index (χ4n) is 3.13. The highest BCUT2D eigenvalue weighted by Gasteiger charge is 2.19. The van der Waals surface area contributed by atoms with Crippen LogP contribution in [0.4, 0.5) is 0 Å². The average molecular weight is 268 g/mol. The van der Waals surface area contributed by atoms with E-state index >= 15 is 0 Å². The number of nitrogens with one attached hydrogen (secondary N) is 1. The monoisotopic (exact) mass is 268 g/mol. The molecule has 0 amide bonds. The Morgan fingerprint density at radius 2 is 1.58 bits per heavy atom. The van der Waals surface area contributed by atoms with Crippen LogP contribution in [0.2, 0.25) is 0 Å². The Balaban J connectivity index is 1.83. The molecular weight excluding hydrogens is 232 g/mol. The van der Waals surface area contributed by atoms with Crippen molar-refractivity contribution in [3.8, 4) is 0 Å². The summed E-state index contributed by atoms with van der Waals surface area (Å²) in [5.74, 6) is 2.61. The molecule has 1 aliphatic carbocycles. The van der Waals surface area contributed by atoms with Gasteiger partial charge in [-0.2, -0.15) is 0 Å². The van der Waals surface area contributed by atoms with Gasteiger partial charge in [-0.3, -0.25) is 0 Å². The first kappa shape index (κ1) is 17.0. The predicted octanol–water partition coefficient (Wildman–Crippen LogP) is 3.95. The molecule has 0 heterocycles. The van der Waals surface area contributed by atoms with Gasteiger partial charge in [0.1, 0.15) is 0 Å². The first-order chi connectivity index (χ1) is 9.22. The Kier molecular flexibility index (Phi) is 9.54. The summed E-state index contributed by atoms with van der Waals surface area (Å²) >= 11 is 0. The largest absolute Gasteiger partial charge is 0.330 e. The molecule has 0 aliphatic heterocycles. The van der Waals surface area contributed by atoms with Crippen molar-refractivity contribution in [1.82, 2.24) is 5.32 Å². The van der Waals surface area contributed by atoms with Crippen LogP contribution in [-0.2, 0) is 0 Å². The third kappa shape index (κ3) is 8.65. The second-order valence-electron chi connectivity index (χ2n) is 6.92. The fraction of sp³-hybridized carbons (Fsp3) is 1.00. The SMILES string of the molecule is CC(C)CCCCCCNCC1CCC(CN)CC1. The number of hydrogen-bond acceptors (Lipinski definition) is 2. The normalized spacial score (nSPS) is 24.0. The van der Waals surface area contributed by atoms with E-state index in [4.69, 9.17) is 5.73 Å². The van der Waals surface area contributed by atoms with E-state index in [1.165, 1.54) is 70.9 Å². The summed E-state index contributed by atoms with van der Waals surface area (Å²) in [5.41, 5.74) is 5.73. The van der Waals surface area contributed by atoms with Gasteiger partial charge in [-0.25, -0.2) is 0 Å². The molecule has 0 unspecified atom stereocenters. The Morgan fingerprint density at radius 3 is 2.21 bits per heavy atom. The predicted molar refractivity (Wildman–Crippen MR) is 85.3 cm³/mol. The maximum absolute atomic E-state index is 5.73. The molecule has 0 atom stereocenters. The Bertz CT molecular complexity index is 195. The van der Waals surface area contributed by atoms with E-state index in [-0.39, 0.29) is 0 Å². The van der Waals surface area contributed by atoms with Crippen LogP contribution in [0.25, 0.3) is 0 Å². The minimum Gasteiger partial charge on any atom is -0.330 e. The van der Waals surface area contributed by atoms with E-state index in [1.54, 1.807) is 0 Å². The van der Waals surface area contributed by atoms with E-state index in [2.05, 4.69) is 19.2 Å². The van der Waals surface area contributed by atoms with E-state index in [1.807, 2.05) is 0 Å². The lowest BCUT2D eigenvalue weighted by Gasteiger charge is -2.27. The number of nitrogens with two attached hydrogens (primary N) is 1. The van der Waals surface area contributed by atoms with E-state index < -0.39 is 0 Å². The van der Waals surface area contributed by atoms with Gasteiger partial charge in [0.2, 0.25) is 0 Å². The molecule has 1 aliphatic rings. The smallest absolute Gasteiger partial charge is 0.00205 e. The highest BCUT2D eigenvalue weighted by Crippen LogP contribution is 2.27. The first-order valence-electron chi connectivity index (χ1n) is 8.63. The summed E-state index contributed by atoms with van der Waals surface area (Å²) in [7, 11) is 0. The van der Waals surface area contributed by atoms with Crippen LogP contribution in [0, 0.1) is 17.8 Å². The van der Waals surface area contributed by atoms with Gasteiger partial charge < -0.3 is 11.1 Å². The van der Waals surface area contributed by atoms with Crippen molar-refractivity contribution in [2.75, 3.05) is 19.6 Å². The summed E-state index contributed by atoms with van der Waals surface area (Å²) in [6, 6.07) is 0. The molecule has 1 rings (SSSR count). The standard InChI is InChI=1S/C17H36N2/c1-15(2)7-5-3-4-6-12-19-14-17-10-8-16(13-18)9-11-17/h15-17,19H,3-14,18H2,1-2H3. The van der Waals surface area contributed by atoms with Gasteiger partial charge in [0.05, 0.1) is 0 Å². The molecule has 2 heteroatoms. The minimum absolute atomic E-state index is 0.817. The van der Waals surface area contributed by atoms with Gasteiger partial charge in [-0.15, -0.1) is 0 Å². The molecule has 0 spiro atoms. The van der Waals surface area contributed by atoms with Crippen molar-refractivity contribution in [2.24, 2.45) is 23.5 Å². The van der Waals surface area contributed by atoms with Crippen molar-refractivity contribution in [1.29, 1.82) is 0 Å². The lowest BCUT2D eigenvalue weighted by atomic mass is 9.82. The third-order valence-electron chi connectivity index (χ3n) is 4.62. The van der Waals surface area contributed by atoms with Gasteiger partial charge >= 0.3 is 0 Å². The first-order valence-corrected chi connectivity index (χ1v) is 8.63. The van der Waals surface area contributed by atoms with E-state index in [0.29, 0.717) is 0 Å². The van der Waals surface area contributed by atoms with Gasteiger partial charge in [-0.05, 0) is 69.5 Å². The molecule has 0 aromatic rings. The van der Waals surface area contributed by atoms with Gasteiger partial charge in [-0.1, -0.05) is 39.5 Å². The van der Waals surface area contributed by atoms with Crippen LogP contribution >= 0.6 is 0 Å². The van der Waals surface area contributed by atoms with Gasteiger partial charge in [0, 0.05) is 0 Å². The number of rotatable bonds is 10. The third-order valence-corrected chi connectivity index (χ3v) is 4.62. The number of hydrogen-bond donors (Lipinski definition) is 2. The van der Waals surface area contributed by atoms with Crippen molar-refractivity contribution in [2.45, 2.75) is 71.6 Å². The topological polar surface area (TPSA) is 38.0 Å². The molecule has 3 N–H and O–H groups in total. The molecule has 19 heavy (non-hydrogen) atoms. The van der Waals surface area contributed by atoms with Crippen molar-refractivity contribution in [3.05, 3.63) is 0 Å². The summed E-state index contributed by atoms with van der Waals surface area (Å²) in [4.78, 5) is 0. The maximum Gasteiger partial charge on any atom is -0.00205 e. The van der Waals surface area contributed by atoms with Crippen molar-refractivity contribution >= 4 is 0 Å². The van der Waals surface area contributed by atoms with Crippen LogP contribution in [-0.4, -0.2) is 19.6 Å². The Morgan fingerprint density at radius 1 is 0.947 bits per heavy atom. The van der Waals surface area contributed by atoms with Crippen LogP contribution in [0.5, 0.6) is 0 Å².